The molecule has 28 heavy (non-hydrogen) atoms. The zero-order chi connectivity index (χ0) is 20.1. The number of benzene rings is 2. The number of thiazole rings is 1. The summed E-state index contributed by atoms with van der Waals surface area (Å²) in [6.45, 7) is 4.39. The molecule has 7 heteroatoms. The number of rotatable bonds is 7. The fourth-order valence-electron chi connectivity index (χ4n) is 2.90. The number of phenols is 1. The predicted octanol–water partition coefficient (Wildman–Crippen LogP) is 4.66. The molecule has 3 N–H and O–H groups in total. The number of fused-ring (bicyclic) bond motifs is 1. The maximum atomic E-state index is 12.8. The molecule has 1 aromatic heterocycles. The molecule has 0 aliphatic heterocycles. The third-order valence-electron chi connectivity index (χ3n) is 4.38. The number of hydrogen-bond donors (Lipinski definition) is 3. The number of urea groups is 1. The molecule has 0 aliphatic carbocycles. The number of nitrogens with one attached hydrogen (secondary N) is 2. The first kappa shape index (κ1) is 19.8. The summed E-state index contributed by atoms with van der Waals surface area (Å²) in [6, 6.07) is 10.9. The van der Waals surface area contributed by atoms with E-state index in [0.29, 0.717) is 27.8 Å². The van der Waals surface area contributed by atoms with Gasteiger partial charge < -0.3 is 10.4 Å². The van der Waals surface area contributed by atoms with E-state index in [9.17, 15) is 14.7 Å². The highest BCUT2D eigenvalue weighted by Gasteiger charge is 2.18. The van der Waals surface area contributed by atoms with Crippen LogP contribution in [-0.4, -0.2) is 28.4 Å². The number of aryl methyl sites for hydroxylation is 1. The van der Waals surface area contributed by atoms with Crippen LogP contribution in [0.1, 0.15) is 40.7 Å². The van der Waals surface area contributed by atoms with Gasteiger partial charge in [0, 0.05) is 18.5 Å². The highest BCUT2D eigenvalue weighted by atomic mass is 32.1. The van der Waals surface area contributed by atoms with Crippen molar-refractivity contribution in [3.8, 4) is 5.75 Å². The van der Waals surface area contributed by atoms with Crippen molar-refractivity contribution in [3.05, 3.63) is 52.5 Å². The van der Waals surface area contributed by atoms with Crippen LogP contribution in [0.5, 0.6) is 5.75 Å². The Balaban J connectivity index is 1.72. The van der Waals surface area contributed by atoms with E-state index in [1.165, 1.54) is 0 Å². The first-order valence-electron chi connectivity index (χ1n) is 9.24. The number of unbranched alkanes of at least 4 members (excludes halogenated alkanes) is 1. The highest BCUT2D eigenvalue weighted by Crippen LogP contribution is 2.28. The van der Waals surface area contributed by atoms with Gasteiger partial charge >= 0.3 is 6.03 Å². The summed E-state index contributed by atoms with van der Waals surface area (Å²) in [5, 5.41) is 18.0. The van der Waals surface area contributed by atoms with Crippen LogP contribution < -0.4 is 10.6 Å². The molecule has 3 aromatic rings. The van der Waals surface area contributed by atoms with Crippen LogP contribution in [0.25, 0.3) is 10.8 Å². The lowest BCUT2D eigenvalue weighted by Gasteiger charge is -2.06. The van der Waals surface area contributed by atoms with Crippen molar-refractivity contribution >= 4 is 39.1 Å². The Labute approximate surface area is 167 Å². The van der Waals surface area contributed by atoms with Crippen molar-refractivity contribution in [2.24, 2.45) is 0 Å². The molecule has 0 unspecified atom stereocenters. The van der Waals surface area contributed by atoms with E-state index in [4.69, 9.17) is 0 Å². The van der Waals surface area contributed by atoms with Gasteiger partial charge in [0.25, 0.3) is 0 Å². The second-order valence-electron chi connectivity index (χ2n) is 6.60. The molecule has 0 aliphatic rings. The Morgan fingerprint density at radius 1 is 1.18 bits per heavy atom. The standard InChI is InChI=1S/C21H23N3O3S/c1-3-4-9-22-20(27)24-21-23-13(2)19(28-21)18(26)12-16-10-14-7-5-6-8-15(14)11-17(16)25/h5-8,10-11,25H,3-4,9,12H2,1-2H3,(H2,22,23,24,27). The molecule has 0 atom stereocenters. The van der Waals surface area contributed by atoms with E-state index in [2.05, 4.69) is 22.5 Å². The monoisotopic (exact) mass is 397 g/mol. The van der Waals surface area contributed by atoms with Gasteiger partial charge in [-0.3, -0.25) is 10.1 Å². The Kier molecular flexibility index (Phi) is 6.26. The number of nitrogens with zero attached hydrogens (tertiary/aromatic N) is 1. The van der Waals surface area contributed by atoms with Gasteiger partial charge in [0.2, 0.25) is 0 Å². The highest BCUT2D eigenvalue weighted by molar-refractivity contribution is 7.17. The van der Waals surface area contributed by atoms with Gasteiger partial charge in [-0.15, -0.1) is 0 Å². The normalized spacial score (nSPS) is 10.8. The van der Waals surface area contributed by atoms with E-state index < -0.39 is 0 Å². The summed E-state index contributed by atoms with van der Waals surface area (Å²) >= 11 is 1.15. The van der Waals surface area contributed by atoms with Crippen molar-refractivity contribution in [2.75, 3.05) is 11.9 Å². The van der Waals surface area contributed by atoms with Crippen LogP contribution in [0.15, 0.2) is 36.4 Å². The minimum atomic E-state index is -0.326. The van der Waals surface area contributed by atoms with Gasteiger partial charge in [-0.25, -0.2) is 9.78 Å². The first-order chi connectivity index (χ1) is 13.5. The van der Waals surface area contributed by atoms with Crippen molar-refractivity contribution in [3.63, 3.8) is 0 Å². The number of aromatic hydroxyl groups is 1. The Morgan fingerprint density at radius 2 is 1.89 bits per heavy atom. The van der Waals surface area contributed by atoms with Crippen LogP contribution in [0.2, 0.25) is 0 Å². The maximum Gasteiger partial charge on any atom is 0.321 e. The lowest BCUT2D eigenvalue weighted by molar-refractivity contribution is 0.0995. The molecular formula is C21H23N3O3S. The smallest absolute Gasteiger partial charge is 0.321 e. The third-order valence-corrected chi connectivity index (χ3v) is 5.50. The minimum Gasteiger partial charge on any atom is -0.508 e. The lowest BCUT2D eigenvalue weighted by Crippen LogP contribution is -2.29. The second kappa shape index (κ2) is 8.84. The molecule has 0 radical (unpaired) electrons. The number of anilines is 1. The Morgan fingerprint density at radius 3 is 2.61 bits per heavy atom. The zero-order valence-electron chi connectivity index (χ0n) is 15.9. The van der Waals surface area contributed by atoms with Crippen LogP contribution >= 0.6 is 11.3 Å². The van der Waals surface area contributed by atoms with Crippen LogP contribution in [0.4, 0.5) is 9.93 Å². The number of Topliss-reactive ketones (excluding diaryl/α,β-unsaturated/α-hetero) is 1. The van der Waals surface area contributed by atoms with Crippen LogP contribution in [-0.2, 0) is 6.42 Å². The molecule has 146 valence electrons. The fourth-order valence-corrected chi connectivity index (χ4v) is 3.80. The summed E-state index contributed by atoms with van der Waals surface area (Å²) < 4.78 is 0. The molecule has 0 spiro atoms. The van der Waals surface area contributed by atoms with Gasteiger partial charge in [-0.05, 0) is 36.2 Å². The summed E-state index contributed by atoms with van der Waals surface area (Å²) in [5.41, 5.74) is 1.14. The van der Waals surface area contributed by atoms with Gasteiger partial charge in [0.1, 0.15) is 5.75 Å². The quantitative estimate of drug-likeness (QED) is 0.399. The van der Waals surface area contributed by atoms with Gasteiger partial charge in [-0.2, -0.15) is 0 Å². The van der Waals surface area contributed by atoms with Crippen molar-refractivity contribution in [2.45, 2.75) is 33.1 Å². The molecule has 0 saturated heterocycles. The molecular weight excluding hydrogens is 374 g/mol. The van der Waals surface area contributed by atoms with Crippen molar-refractivity contribution in [1.82, 2.24) is 10.3 Å². The number of amides is 2. The molecule has 0 bridgehead atoms. The number of ketones is 1. The average Bonchev–Trinajstić information content (AvgIpc) is 3.02. The number of phenolic OH excluding ortho intramolecular Hbond substituents is 1. The van der Waals surface area contributed by atoms with Gasteiger partial charge in [0.15, 0.2) is 10.9 Å². The Hall–Kier alpha value is -2.93. The maximum absolute atomic E-state index is 12.8. The van der Waals surface area contributed by atoms with E-state index in [1.54, 1.807) is 13.0 Å². The predicted molar refractivity (Wildman–Crippen MR) is 112 cm³/mol. The average molecular weight is 398 g/mol. The van der Waals surface area contributed by atoms with Gasteiger partial charge in [0.05, 0.1) is 10.6 Å². The summed E-state index contributed by atoms with van der Waals surface area (Å²) in [7, 11) is 0. The topological polar surface area (TPSA) is 91.3 Å². The van der Waals surface area contributed by atoms with Gasteiger partial charge in [-0.1, -0.05) is 48.9 Å². The van der Waals surface area contributed by atoms with E-state index in [1.807, 2.05) is 30.3 Å². The minimum absolute atomic E-state index is 0.0713. The second-order valence-corrected chi connectivity index (χ2v) is 7.60. The zero-order valence-corrected chi connectivity index (χ0v) is 16.7. The number of carbonyl (C=O) groups is 2. The SMILES string of the molecule is CCCCNC(=O)Nc1nc(C)c(C(=O)Cc2cc3ccccc3cc2O)s1. The molecule has 2 aromatic carbocycles. The summed E-state index contributed by atoms with van der Waals surface area (Å²) in [4.78, 5) is 29.4. The molecule has 6 nitrogen and oxygen atoms in total. The van der Waals surface area contributed by atoms with Crippen molar-refractivity contribution < 1.29 is 14.7 Å². The molecule has 0 fully saturated rings. The lowest BCUT2D eigenvalue weighted by atomic mass is 10.0. The third kappa shape index (κ3) is 4.67. The number of carbonyl (C=O) groups excluding carboxylic acids is 2. The molecule has 2 amide bonds. The number of aromatic nitrogens is 1. The van der Waals surface area contributed by atoms with E-state index in [-0.39, 0.29) is 24.0 Å². The summed E-state index contributed by atoms with van der Waals surface area (Å²) in [6.07, 6.45) is 1.97. The largest absolute Gasteiger partial charge is 0.508 e. The van der Waals surface area contributed by atoms with Crippen LogP contribution in [0, 0.1) is 6.92 Å². The summed E-state index contributed by atoms with van der Waals surface area (Å²) in [5.74, 6) is -0.0390. The first-order valence-corrected chi connectivity index (χ1v) is 10.1. The fraction of sp³-hybridized carbons (Fsp3) is 0.286. The molecule has 3 rings (SSSR count). The molecule has 0 saturated carbocycles. The van der Waals surface area contributed by atoms with Crippen LogP contribution in [0.3, 0.4) is 0 Å². The van der Waals surface area contributed by atoms with E-state index >= 15 is 0 Å². The molecule has 1 heterocycles. The van der Waals surface area contributed by atoms with Crippen molar-refractivity contribution in [1.29, 1.82) is 0 Å². The van der Waals surface area contributed by atoms with E-state index in [0.717, 1.165) is 35.0 Å². The number of hydrogen-bond acceptors (Lipinski definition) is 5. The Bertz CT molecular complexity index is 1010.